The summed E-state index contributed by atoms with van der Waals surface area (Å²) >= 11 is 0. The molecule has 2 rings (SSSR count). The van der Waals surface area contributed by atoms with Crippen LogP contribution in [-0.4, -0.2) is 27.2 Å². The van der Waals surface area contributed by atoms with E-state index in [1.54, 1.807) is 0 Å². The Morgan fingerprint density at radius 1 is 1.17 bits per heavy atom. The van der Waals surface area contributed by atoms with E-state index in [4.69, 9.17) is 0 Å². The molecular weight excluding hydrogens is 284 g/mol. The van der Waals surface area contributed by atoms with Crippen molar-refractivity contribution in [3.8, 4) is 6.07 Å². The van der Waals surface area contributed by atoms with Crippen molar-refractivity contribution >= 4 is 5.82 Å². The topological polar surface area (TPSA) is 54.4 Å². The lowest BCUT2D eigenvalue weighted by Gasteiger charge is -2.20. The van der Waals surface area contributed by atoms with Crippen LogP contribution < -0.4 is 15.2 Å². The molecule has 0 aliphatic heterocycles. The van der Waals surface area contributed by atoms with E-state index in [-0.39, 0.29) is 0 Å². The number of rotatable bonds is 8. The number of H-pyrrole nitrogens is 1. The highest BCUT2D eigenvalue weighted by molar-refractivity contribution is 5.56. The zero-order valence-corrected chi connectivity index (χ0v) is 15.0. The van der Waals surface area contributed by atoms with Gasteiger partial charge in [0.15, 0.2) is 0 Å². The van der Waals surface area contributed by atoms with Crippen molar-refractivity contribution in [2.24, 2.45) is 0 Å². The number of aromatic nitrogens is 1. The van der Waals surface area contributed by atoms with Gasteiger partial charge in [-0.15, -0.1) is 0 Å². The third-order valence-electron chi connectivity index (χ3n) is 4.71. The summed E-state index contributed by atoms with van der Waals surface area (Å²) in [4.78, 5) is 5.04. The van der Waals surface area contributed by atoms with Crippen molar-refractivity contribution in [3.05, 3.63) is 22.4 Å². The maximum Gasteiger partial charge on any atom is 0.290 e. The van der Waals surface area contributed by atoms with Crippen LogP contribution in [0.5, 0.6) is 0 Å². The molecule has 0 fully saturated rings. The molecule has 0 bridgehead atoms. The fourth-order valence-corrected chi connectivity index (χ4v) is 3.43. The Bertz CT molecular complexity index is 557. The van der Waals surface area contributed by atoms with E-state index < -0.39 is 0 Å². The van der Waals surface area contributed by atoms with E-state index in [9.17, 15) is 5.26 Å². The average molecular weight is 316 g/mol. The minimum Gasteiger partial charge on any atom is -0.340 e. The van der Waals surface area contributed by atoms with E-state index in [0.717, 1.165) is 50.2 Å². The summed E-state index contributed by atoms with van der Waals surface area (Å²) in [6, 6.07) is 2.46. The standard InChI is InChI=1S/C19H30N4/c1-4-5-11-18-16-10-7-6-9-15(16)17(14-20)19(22-18)21-12-8-13-23(2)3/h4-13H2,1-3H3,(H,21,22)/p+2. The molecule has 0 spiro atoms. The molecule has 4 heteroatoms. The van der Waals surface area contributed by atoms with Crippen LogP contribution >= 0.6 is 0 Å². The lowest BCUT2D eigenvalue weighted by Crippen LogP contribution is -3.05. The molecule has 0 unspecified atom stereocenters. The quantitative estimate of drug-likeness (QED) is 0.715. The van der Waals surface area contributed by atoms with Crippen LogP contribution in [-0.2, 0) is 19.3 Å². The smallest absolute Gasteiger partial charge is 0.290 e. The molecule has 1 aliphatic carbocycles. The van der Waals surface area contributed by atoms with Gasteiger partial charge in [-0.2, -0.15) is 5.26 Å². The average Bonchev–Trinajstić information content (AvgIpc) is 2.56. The highest BCUT2D eigenvalue weighted by Gasteiger charge is 2.25. The Morgan fingerprint density at radius 3 is 2.57 bits per heavy atom. The second-order valence-corrected chi connectivity index (χ2v) is 6.97. The maximum atomic E-state index is 9.67. The summed E-state index contributed by atoms with van der Waals surface area (Å²) in [6.45, 7) is 4.30. The number of quaternary nitrogens is 1. The number of fused-ring (bicyclic) bond motifs is 1. The van der Waals surface area contributed by atoms with Gasteiger partial charge in [-0.1, -0.05) is 13.3 Å². The number of anilines is 1. The number of hydrogen-bond acceptors (Lipinski definition) is 2. The third kappa shape index (κ3) is 4.68. The normalized spacial score (nSPS) is 13.7. The van der Waals surface area contributed by atoms with E-state index in [0.29, 0.717) is 0 Å². The van der Waals surface area contributed by atoms with Crippen molar-refractivity contribution < 1.29 is 9.88 Å². The summed E-state index contributed by atoms with van der Waals surface area (Å²) in [6.07, 6.45) is 9.27. The molecule has 23 heavy (non-hydrogen) atoms. The van der Waals surface area contributed by atoms with Crippen LogP contribution in [0.15, 0.2) is 0 Å². The van der Waals surface area contributed by atoms with Gasteiger partial charge in [-0.05, 0) is 43.2 Å². The second-order valence-electron chi connectivity index (χ2n) is 6.97. The first kappa shape index (κ1) is 17.7. The number of nitrogens with one attached hydrogen (secondary N) is 3. The van der Waals surface area contributed by atoms with Gasteiger partial charge >= 0.3 is 0 Å². The second kappa shape index (κ2) is 8.88. The Labute approximate surface area is 140 Å². The Morgan fingerprint density at radius 2 is 1.91 bits per heavy atom. The molecule has 0 amide bonds. The summed E-state index contributed by atoms with van der Waals surface area (Å²) in [5.74, 6) is 0.952. The van der Waals surface area contributed by atoms with Crippen LogP contribution in [0.4, 0.5) is 5.82 Å². The Balaban J connectivity index is 2.23. The molecule has 0 atom stereocenters. The first-order valence-electron chi connectivity index (χ1n) is 9.20. The van der Waals surface area contributed by atoms with E-state index in [1.165, 1.54) is 47.4 Å². The number of nitrogens with zero attached hydrogens (tertiary/aromatic N) is 1. The maximum absolute atomic E-state index is 9.67. The predicted octanol–water partition coefficient (Wildman–Crippen LogP) is 1.54. The fraction of sp³-hybridized carbons (Fsp3) is 0.684. The molecule has 126 valence electrons. The van der Waals surface area contributed by atoms with Crippen molar-refractivity contribution in [1.82, 2.24) is 0 Å². The molecule has 3 N–H and O–H groups in total. The third-order valence-corrected chi connectivity index (χ3v) is 4.71. The van der Waals surface area contributed by atoms with Gasteiger partial charge in [0.2, 0.25) is 0 Å². The van der Waals surface area contributed by atoms with Crippen molar-refractivity contribution in [2.45, 2.75) is 58.3 Å². The highest BCUT2D eigenvalue weighted by atomic mass is 15.1. The van der Waals surface area contributed by atoms with Gasteiger partial charge in [0.05, 0.1) is 27.2 Å². The molecule has 0 saturated carbocycles. The number of pyridine rings is 1. The molecule has 4 nitrogen and oxygen atoms in total. The number of aryl methyl sites for hydroxylation is 1. The van der Waals surface area contributed by atoms with Crippen LogP contribution in [0.1, 0.15) is 61.4 Å². The molecule has 0 saturated heterocycles. The van der Waals surface area contributed by atoms with Crippen molar-refractivity contribution in [2.75, 3.05) is 32.5 Å². The summed E-state index contributed by atoms with van der Waals surface area (Å²) in [5, 5.41) is 13.2. The molecule has 1 aliphatic rings. The fourth-order valence-electron chi connectivity index (χ4n) is 3.43. The van der Waals surface area contributed by atoms with Gasteiger partial charge in [-0.3, -0.25) is 5.32 Å². The zero-order valence-electron chi connectivity index (χ0n) is 15.0. The summed E-state index contributed by atoms with van der Waals surface area (Å²) < 4.78 is 0. The number of hydrogen-bond donors (Lipinski definition) is 2. The van der Waals surface area contributed by atoms with Crippen molar-refractivity contribution in [3.63, 3.8) is 0 Å². The number of unbranched alkanes of at least 4 members (excludes halogenated alkanes) is 1. The van der Waals surface area contributed by atoms with Crippen LogP contribution in [0.25, 0.3) is 0 Å². The zero-order chi connectivity index (χ0) is 16.7. The lowest BCUT2D eigenvalue weighted by atomic mass is 9.86. The minimum absolute atomic E-state index is 0.858. The molecule has 0 aromatic carbocycles. The SMILES string of the molecule is CCCCc1[nH+]c(NCCC[NH+](C)C)c(C#N)c2c1CCCC2. The largest absolute Gasteiger partial charge is 0.340 e. The van der Waals surface area contributed by atoms with E-state index in [2.05, 4.69) is 37.4 Å². The van der Waals surface area contributed by atoms with Gasteiger partial charge in [-0.25, -0.2) is 4.98 Å². The first-order chi connectivity index (χ1) is 11.2. The number of nitriles is 1. The minimum atomic E-state index is 0.858. The van der Waals surface area contributed by atoms with Crippen molar-refractivity contribution in [1.29, 1.82) is 5.26 Å². The lowest BCUT2D eigenvalue weighted by molar-refractivity contribution is -0.858. The van der Waals surface area contributed by atoms with Gasteiger partial charge in [0, 0.05) is 12.8 Å². The number of aromatic amines is 1. The Hall–Kier alpha value is -1.60. The van der Waals surface area contributed by atoms with Crippen LogP contribution in [0.3, 0.4) is 0 Å². The monoisotopic (exact) mass is 316 g/mol. The molecule has 0 radical (unpaired) electrons. The van der Waals surface area contributed by atoms with Crippen LogP contribution in [0.2, 0.25) is 0 Å². The first-order valence-corrected chi connectivity index (χ1v) is 9.20. The van der Waals surface area contributed by atoms with Crippen LogP contribution in [0, 0.1) is 11.3 Å². The molecular formula is C19H32N4+2. The molecule has 1 aromatic rings. The Kier molecular flexibility index (Phi) is 6.85. The van der Waals surface area contributed by atoms with Gasteiger partial charge < -0.3 is 4.90 Å². The van der Waals surface area contributed by atoms with E-state index in [1.807, 2.05) is 0 Å². The highest BCUT2D eigenvalue weighted by Crippen LogP contribution is 2.29. The molecule has 1 heterocycles. The van der Waals surface area contributed by atoms with Gasteiger partial charge in [0.25, 0.3) is 5.82 Å². The predicted molar refractivity (Wildman–Crippen MR) is 93.8 cm³/mol. The molecule has 1 aromatic heterocycles. The van der Waals surface area contributed by atoms with E-state index >= 15 is 0 Å². The summed E-state index contributed by atoms with van der Waals surface area (Å²) in [5.41, 5.74) is 4.97. The van der Waals surface area contributed by atoms with Gasteiger partial charge in [0.1, 0.15) is 17.3 Å². The summed E-state index contributed by atoms with van der Waals surface area (Å²) in [7, 11) is 4.35.